The first-order valence-electron chi connectivity index (χ1n) is 8.37. The first-order valence-corrected chi connectivity index (χ1v) is 8.37. The molecule has 3 rings (SSSR count). The van der Waals surface area contributed by atoms with Crippen molar-refractivity contribution in [3.8, 4) is 0 Å². The lowest BCUT2D eigenvalue weighted by atomic mass is 10.2. The van der Waals surface area contributed by atoms with E-state index in [4.69, 9.17) is 0 Å². The minimum atomic E-state index is -0.423. The summed E-state index contributed by atoms with van der Waals surface area (Å²) < 4.78 is 26.6. The van der Waals surface area contributed by atoms with E-state index in [0.717, 1.165) is 5.56 Å². The van der Waals surface area contributed by atoms with Gasteiger partial charge in [-0.05, 0) is 36.8 Å². The lowest BCUT2D eigenvalue weighted by Gasteiger charge is -2.09. The van der Waals surface area contributed by atoms with Crippen LogP contribution in [0, 0.1) is 18.6 Å². The van der Waals surface area contributed by atoms with Crippen LogP contribution in [0.4, 0.5) is 14.7 Å². The molecule has 0 aliphatic carbocycles. The molecule has 3 aromatic rings. The van der Waals surface area contributed by atoms with Crippen molar-refractivity contribution < 1.29 is 13.6 Å². The van der Waals surface area contributed by atoms with Crippen molar-refractivity contribution >= 4 is 11.9 Å². The van der Waals surface area contributed by atoms with E-state index in [1.54, 1.807) is 43.3 Å². The van der Waals surface area contributed by atoms with Crippen LogP contribution in [0.2, 0.25) is 0 Å². The van der Waals surface area contributed by atoms with E-state index in [9.17, 15) is 13.6 Å². The number of carbonyl (C=O) groups is 1. The van der Waals surface area contributed by atoms with Crippen LogP contribution in [-0.4, -0.2) is 15.9 Å². The molecule has 0 fully saturated rings. The molecule has 0 spiro atoms. The van der Waals surface area contributed by atoms with Crippen LogP contribution in [-0.2, 0) is 13.1 Å². The largest absolute Gasteiger partial charge is 0.350 e. The number of carbonyl (C=O) groups excluding carboxylic acids is 1. The summed E-state index contributed by atoms with van der Waals surface area (Å²) in [5, 5.41) is 5.67. The summed E-state index contributed by atoms with van der Waals surface area (Å²) in [5.41, 5.74) is 2.04. The molecule has 27 heavy (non-hydrogen) atoms. The fourth-order valence-electron chi connectivity index (χ4n) is 2.46. The van der Waals surface area contributed by atoms with E-state index in [0.29, 0.717) is 17.8 Å². The van der Waals surface area contributed by atoms with Crippen molar-refractivity contribution in [2.75, 3.05) is 5.32 Å². The summed E-state index contributed by atoms with van der Waals surface area (Å²) in [6, 6.07) is 13.8. The van der Waals surface area contributed by atoms with E-state index in [-0.39, 0.29) is 29.8 Å². The lowest BCUT2D eigenvalue weighted by Crippen LogP contribution is -2.25. The van der Waals surface area contributed by atoms with Crippen LogP contribution < -0.4 is 10.6 Å². The van der Waals surface area contributed by atoms with E-state index in [2.05, 4.69) is 20.6 Å². The zero-order chi connectivity index (χ0) is 19.2. The second kappa shape index (κ2) is 8.35. The number of anilines is 1. The monoisotopic (exact) mass is 368 g/mol. The molecule has 0 aliphatic heterocycles. The highest BCUT2D eigenvalue weighted by Gasteiger charge is 2.11. The maximum absolute atomic E-state index is 13.6. The van der Waals surface area contributed by atoms with Gasteiger partial charge in [-0.1, -0.05) is 30.3 Å². The number of rotatable bonds is 6. The van der Waals surface area contributed by atoms with Gasteiger partial charge in [0.1, 0.15) is 17.3 Å². The quantitative estimate of drug-likeness (QED) is 0.698. The van der Waals surface area contributed by atoms with E-state index in [1.807, 2.05) is 0 Å². The summed E-state index contributed by atoms with van der Waals surface area (Å²) in [7, 11) is 0. The van der Waals surface area contributed by atoms with Crippen molar-refractivity contribution in [3.05, 3.63) is 88.7 Å². The number of amides is 1. The van der Waals surface area contributed by atoms with Gasteiger partial charge >= 0.3 is 0 Å². The first-order chi connectivity index (χ1) is 13.0. The minimum Gasteiger partial charge on any atom is -0.350 e. The molecule has 0 radical (unpaired) electrons. The Morgan fingerprint density at radius 1 is 1.00 bits per heavy atom. The van der Waals surface area contributed by atoms with Gasteiger partial charge < -0.3 is 10.6 Å². The SMILES string of the molecule is Cc1cc(C(=O)NCc2ccccc2F)nc(NCc2ccc(F)cc2)n1. The molecular weight excluding hydrogens is 350 g/mol. The van der Waals surface area contributed by atoms with E-state index < -0.39 is 5.91 Å². The number of aryl methyl sites for hydroxylation is 1. The topological polar surface area (TPSA) is 66.9 Å². The van der Waals surface area contributed by atoms with Gasteiger partial charge in [0.05, 0.1) is 0 Å². The standard InChI is InChI=1S/C20H18F2N4O/c1-13-10-18(19(27)23-12-15-4-2-3-5-17(15)22)26-20(25-13)24-11-14-6-8-16(21)9-7-14/h2-10H,11-12H2,1H3,(H,23,27)(H,24,25,26). The van der Waals surface area contributed by atoms with Crippen molar-refractivity contribution in [1.29, 1.82) is 0 Å². The Morgan fingerprint density at radius 2 is 1.74 bits per heavy atom. The molecule has 2 aromatic carbocycles. The number of nitrogens with one attached hydrogen (secondary N) is 2. The van der Waals surface area contributed by atoms with Gasteiger partial charge in [0.15, 0.2) is 0 Å². The third kappa shape index (κ3) is 5.07. The van der Waals surface area contributed by atoms with Crippen LogP contribution in [0.3, 0.4) is 0 Å². The smallest absolute Gasteiger partial charge is 0.270 e. The molecule has 0 unspecified atom stereocenters. The molecule has 0 saturated heterocycles. The fraction of sp³-hybridized carbons (Fsp3) is 0.150. The normalized spacial score (nSPS) is 10.5. The van der Waals surface area contributed by atoms with Crippen molar-refractivity contribution in [2.45, 2.75) is 20.0 Å². The Labute approximate surface area is 155 Å². The van der Waals surface area contributed by atoms with Crippen molar-refractivity contribution in [3.63, 3.8) is 0 Å². The molecule has 1 heterocycles. The van der Waals surface area contributed by atoms with Crippen LogP contribution in [0.5, 0.6) is 0 Å². The molecule has 138 valence electrons. The molecule has 0 bridgehead atoms. The molecule has 0 saturated carbocycles. The zero-order valence-corrected chi connectivity index (χ0v) is 14.7. The highest BCUT2D eigenvalue weighted by molar-refractivity contribution is 5.92. The van der Waals surface area contributed by atoms with Gasteiger partial charge in [-0.15, -0.1) is 0 Å². The summed E-state index contributed by atoms with van der Waals surface area (Å²) in [6.07, 6.45) is 0. The molecule has 1 aromatic heterocycles. The van der Waals surface area contributed by atoms with Crippen LogP contribution >= 0.6 is 0 Å². The van der Waals surface area contributed by atoms with Crippen molar-refractivity contribution in [1.82, 2.24) is 15.3 Å². The van der Waals surface area contributed by atoms with Gasteiger partial charge in [0.2, 0.25) is 5.95 Å². The lowest BCUT2D eigenvalue weighted by molar-refractivity contribution is 0.0945. The van der Waals surface area contributed by atoms with Gasteiger partial charge in [-0.3, -0.25) is 4.79 Å². The Morgan fingerprint density at radius 3 is 2.48 bits per heavy atom. The number of hydrogen-bond donors (Lipinski definition) is 2. The molecule has 1 amide bonds. The third-order valence-electron chi connectivity index (χ3n) is 3.85. The van der Waals surface area contributed by atoms with Gasteiger partial charge in [0, 0.05) is 24.3 Å². The predicted molar refractivity (Wildman–Crippen MR) is 98.1 cm³/mol. The Bertz CT molecular complexity index is 945. The third-order valence-corrected chi connectivity index (χ3v) is 3.85. The molecule has 2 N–H and O–H groups in total. The Kier molecular flexibility index (Phi) is 5.71. The van der Waals surface area contributed by atoms with Crippen molar-refractivity contribution in [2.24, 2.45) is 0 Å². The number of aromatic nitrogens is 2. The average molecular weight is 368 g/mol. The van der Waals surface area contributed by atoms with E-state index >= 15 is 0 Å². The second-order valence-corrected chi connectivity index (χ2v) is 5.97. The number of halogens is 2. The zero-order valence-electron chi connectivity index (χ0n) is 14.7. The summed E-state index contributed by atoms with van der Waals surface area (Å²) >= 11 is 0. The fourth-order valence-corrected chi connectivity index (χ4v) is 2.46. The highest BCUT2D eigenvalue weighted by atomic mass is 19.1. The summed E-state index contributed by atoms with van der Waals surface area (Å²) in [6.45, 7) is 2.20. The molecule has 0 atom stereocenters. The number of benzene rings is 2. The first kappa shape index (κ1) is 18.4. The van der Waals surface area contributed by atoms with Crippen LogP contribution in [0.1, 0.15) is 27.3 Å². The predicted octanol–water partition coefficient (Wildman–Crippen LogP) is 3.61. The summed E-state index contributed by atoms with van der Waals surface area (Å²) in [4.78, 5) is 20.8. The maximum Gasteiger partial charge on any atom is 0.270 e. The average Bonchev–Trinajstić information content (AvgIpc) is 2.66. The molecule has 5 nitrogen and oxygen atoms in total. The number of hydrogen-bond acceptors (Lipinski definition) is 4. The summed E-state index contributed by atoms with van der Waals surface area (Å²) in [5.74, 6) is -0.818. The van der Waals surface area contributed by atoms with Gasteiger partial charge in [0.25, 0.3) is 5.91 Å². The minimum absolute atomic E-state index is 0.0624. The highest BCUT2D eigenvalue weighted by Crippen LogP contribution is 2.10. The second-order valence-electron chi connectivity index (χ2n) is 5.97. The van der Waals surface area contributed by atoms with E-state index in [1.165, 1.54) is 18.2 Å². The molecular formula is C20H18F2N4O. The molecule has 0 aliphatic rings. The van der Waals surface area contributed by atoms with Gasteiger partial charge in [-0.2, -0.15) is 0 Å². The van der Waals surface area contributed by atoms with Crippen LogP contribution in [0.25, 0.3) is 0 Å². The Balaban J connectivity index is 1.66. The molecule has 7 heteroatoms. The van der Waals surface area contributed by atoms with Gasteiger partial charge in [-0.25, -0.2) is 18.7 Å². The van der Waals surface area contributed by atoms with Crippen LogP contribution in [0.15, 0.2) is 54.6 Å². The maximum atomic E-state index is 13.6. The number of nitrogens with zero attached hydrogens (tertiary/aromatic N) is 2. The Hall–Kier alpha value is -3.35.